The molecule has 1 N–H and O–H groups in total. The van der Waals surface area contributed by atoms with Gasteiger partial charge in [0.25, 0.3) is 10.0 Å². The highest BCUT2D eigenvalue weighted by atomic mass is 35.5. The van der Waals surface area contributed by atoms with Crippen molar-refractivity contribution >= 4 is 50.5 Å². The number of benzene rings is 2. The van der Waals surface area contributed by atoms with E-state index < -0.39 is 10.0 Å². The molecule has 7 heteroatoms. The molecule has 0 saturated carbocycles. The molecule has 0 aromatic heterocycles. The van der Waals surface area contributed by atoms with E-state index in [1.54, 1.807) is 12.1 Å². The van der Waals surface area contributed by atoms with Gasteiger partial charge < -0.3 is 0 Å². The maximum absolute atomic E-state index is 12.4. The van der Waals surface area contributed by atoms with E-state index in [2.05, 4.69) is 18.6 Å². The average Bonchev–Trinajstić information content (AvgIpc) is 2.42. The lowest BCUT2D eigenvalue weighted by molar-refractivity contribution is 0.601. The number of anilines is 1. The number of halogens is 3. The molecule has 22 heavy (non-hydrogen) atoms. The monoisotopic (exact) mass is 377 g/mol. The summed E-state index contributed by atoms with van der Waals surface area (Å²) in [6.07, 6.45) is 0. The Kier molecular flexibility index (Phi) is 5.28. The van der Waals surface area contributed by atoms with Crippen molar-refractivity contribution in [3.8, 4) is 0 Å². The van der Waals surface area contributed by atoms with Crippen molar-refractivity contribution < 1.29 is 8.42 Å². The number of sulfonamides is 1. The van der Waals surface area contributed by atoms with Crippen LogP contribution in [0, 0.1) is 0 Å². The number of hydrogen-bond donors (Lipinski definition) is 1. The van der Waals surface area contributed by atoms with Crippen molar-refractivity contribution in [3.05, 3.63) is 57.0 Å². The summed E-state index contributed by atoms with van der Waals surface area (Å²) >= 11 is 17.6. The minimum atomic E-state index is -3.84. The van der Waals surface area contributed by atoms with Crippen LogP contribution in [0.25, 0.3) is 0 Å². The maximum Gasteiger partial charge on any atom is 0.263 e. The first kappa shape index (κ1) is 17.4. The second-order valence-corrected chi connectivity index (χ2v) is 7.95. The lowest BCUT2D eigenvalue weighted by atomic mass is 10.0. The minimum absolute atomic E-state index is 0.0145. The van der Waals surface area contributed by atoms with Gasteiger partial charge in [0.2, 0.25) is 0 Å². The van der Waals surface area contributed by atoms with Gasteiger partial charge in [-0.2, -0.15) is 0 Å². The lowest BCUT2D eigenvalue weighted by Gasteiger charge is -2.12. The fourth-order valence-electron chi connectivity index (χ4n) is 1.86. The molecule has 0 fully saturated rings. The average molecular weight is 379 g/mol. The lowest BCUT2D eigenvalue weighted by Crippen LogP contribution is -2.13. The molecule has 0 saturated heterocycles. The molecule has 2 rings (SSSR count). The SMILES string of the molecule is CC(C)c1ccc(NS(=O)(=O)c2cc(Cl)c(Cl)cc2Cl)cc1. The van der Waals surface area contributed by atoms with Crippen molar-refractivity contribution in [2.45, 2.75) is 24.7 Å². The van der Waals surface area contributed by atoms with Crippen LogP contribution in [-0.4, -0.2) is 8.42 Å². The molecule has 0 unspecified atom stereocenters. The van der Waals surface area contributed by atoms with Crippen molar-refractivity contribution in [1.29, 1.82) is 0 Å². The topological polar surface area (TPSA) is 46.2 Å². The van der Waals surface area contributed by atoms with Crippen molar-refractivity contribution in [2.24, 2.45) is 0 Å². The van der Waals surface area contributed by atoms with Gasteiger partial charge >= 0.3 is 0 Å². The van der Waals surface area contributed by atoms with E-state index in [0.29, 0.717) is 11.6 Å². The molecule has 2 aromatic rings. The van der Waals surface area contributed by atoms with E-state index in [-0.39, 0.29) is 20.0 Å². The van der Waals surface area contributed by atoms with Crippen LogP contribution < -0.4 is 4.72 Å². The molecule has 0 heterocycles. The van der Waals surface area contributed by atoms with Crippen LogP contribution in [0.5, 0.6) is 0 Å². The third-order valence-corrected chi connectivity index (χ3v) is 5.66. The number of hydrogen-bond acceptors (Lipinski definition) is 2. The summed E-state index contributed by atoms with van der Waals surface area (Å²) in [5.74, 6) is 0.371. The van der Waals surface area contributed by atoms with Crippen LogP contribution >= 0.6 is 34.8 Å². The molecule has 118 valence electrons. The van der Waals surface area contributed by atoms with E-state index in [4.69, 9.17) is 34.8 Å². The van der Waals surface area contributed by atoms with E-state index in [1.165, 1.54) is 12.1 Å². The summed E-state index contributed by atoms with van der Waals surface area (Å²) in [7, 11) is -3.84. The van der Waals surface area contributed by atoms with E-state index in [9.17, 15) is 8.42 Å². The van der Waals surface area contributed by atoms with E-state index in [1.807, 2.05) is 12.1 Å². The largest absolute Gasteiger partial charge is 0.280 e. The summed E-state index contributed by atoms with van der Waals surface area (Å²) in [4.78, 5) is -0.114. The Bertz CT molecular complexity index is 787. The predicted octanol–water partition coefficient (Wildman–Crippen LogP) is 5.57. The normalized spacial score (nSPS) is 11.7. The molecule has 0 aliphatic rings. The van der Waals surface area contributed by atoms with E-state index >= 15 is 0 Å². The standard InChI is InChI=1S/C15H14Cl3NO2S/c1-9(2)10-3-5-11(6-4-10)19-22(20,21)15-8-13(17)12(16)7-14(15)18/h3-9,19H,1-2H3. The van der Waals surface area contributed by atoms with Gasteiger partial charge in [-0.05, 0) is 35.7 Å². The van der Waals surface area contributed by atoms with Gasteiger partial charge in [-0.1, -0.05) is 60.8 Å². The summed E-state index contributed by atoms with van der Waals surface area (Å²) in [5.41, 5.74) is 1.57. The van der Waals surface area contributed by atoms with Gasteiger partial charge in [0.15, 0.2) is 0 Å². The van der Waals surface area contributed by atoms with Crippen LogP contribution in [0.4, 0.5) is 5.69 Å². The first-order chi connectivity index (χ1) is 10.2. The zero-order chi connectivity index (χ0) is 16.5. The Hall–Kier alpha value is -0.940. The quantitative estimate of drug-likeness (QED) is 0.707. The first-order valence-corrected chi connectivity index (χ1v) is 9.10. The summed E-state index contributed by atoms with van der Waals surface area (Å²) < 4.78 is 27.3. The smallest absolute Gasteiger partial charge is 0.263 e. The van der Waals surface area contributed by atoms with Gasteiger partial charge in [0.05, 0.1) is 15.1 Å². The van der Waals surface area contributed by atoms with Crippen LogP contribution in [0.2, 0.25) is 15.1 Å². The zero-order valence-electron chi connectivity index (χ0n) is 11.9. The molecule has 0 amide bonds. The third kappa shape index (κ3) is 3.87. The van der Waals surface area contributed by atoms with Crippen LogP contribution in [0.1, 0.15) is 25.3 Å². The van der Waals surface area contributed by atoms with Gasteiger partial charge in [0.1, 0.15) is 4.90 Å². The molecule has 0 aliphatic carbocycles. The van der Waals surface area contributed by atoms with Crippen LogP contribution in [0.15, 0.2) is 41.3 Å². The molecule has 0 radical (unpaired) electrons. The Morgan fingerprint density at radius 2 is 1.45 bits per heavy atom. The van der Waals surface area contributed by atoms with Gasteiger partial charge in [-0.25, -0.2) is 8.42 Å². The third-order valence-electron chi connectivity index (χ3n) is 3.09. The highest BCUT2D eigenvalue weighted by Crippen LogP contribution is 2.32. The Labute approximate surface area is 145 Å². The molecule has 0 bridgehead atoms. The fraction of sp³-hybridized carbons (Fsp3) is 0.200. The first-order valence-electron chi connectivity index (χ1n) is 6.48. The predicted molar refractivity (Wildman–Crippen MR) is 92.8 cm³/mol. The summed E-state index contributed by atoms with van der Waals surface area (Å²) in [6, 6.07) is 9.70. The second-order valence-electron chi connectivity index (χ2n) is 5.08. The molecule has 3 nitrogen and oxygen atoms in total. The molecule has 0 aliphatic heterocycles. The molecule has 2 aromatic carbocycles. The molecule has 0 spiro atoms. The van der Waals surface area contributed by atoms with Crippen molar-refractivity contribution in [1.82, 2.24) is 0 Å². The maximum atomic E-state index is 12.4. The summed E-state index contributed by atoms with van der Waals surface area (Å²) in [5, 5.41) is 0.342. The van der Waals surface area contributed by atoms with Crippen molar-refractivity contribution in [2.75, 3.05) is 4.72 Å². The fourth-order valence-corrected chi connectivity index (χ4v) is 3.92. The highest BCUT2D eigenvalue weighted by Gasteiger charge is 2.20. The molecule has 0 atom stereocenters. The zero-order valence-corrected chi connectivity index (χ0v) is 15.0. The van der Waals surface area contributed by atoms with Crippen LogP contribution in [0.3, 0.4) is 0 Å². The van der Waals surface area contributed by atoms with Crippen LogP contribution in [-0.2, 0) is 10.0 Å². The molecular weight excluding hydrogens is 365 g/mol. The second kappa shape index (κ2) is 6.67. The highest BCUT2D eigenvalue weighted by molar-refractivity contribution is 7.92. The summed E-state index contributed by atoms with van der Waals surface area (Å²) in [6.45, 7) is 4.13. The Morgan fingerprint density at radius 3 is 2.00 bits per heavy atom. The van der Waals surface area contributed by atoms with Gasteiger partial charge in [-0.3, -0.25) is 4.72 Å². The number of rotatable bonds is 4. The Balaban J connectivity index is 2.33. The molecular formula is C15H14Cl3NO2S. The van der Waals surface area contributed by atoms with Gasteiger partial charge in [-0.15, -0.1) is 0 Å². The Morgan fingerprint density at radius 1 is 0.909 bits per heavy atom. The van der Waals surface area contributed by atoms with Crippen molar-refractivity contribution in [3.63, 3.8) is 0 Å². The van der Waals surface area contributed by atoms with E-state index in [0.717, 1.165) is 5.56 Å². The van der Waals surface area contributed by atoms with Gasteiger partial charge in [0, 0.05) is 5.69 Å². The minimum Gasteiger partial charge on any atom is -0.280 e. The number of nitrogens with one attached hydrogen (secondary N) is 1.